The van der Waals surface area contributed by atoms with Crippen LogP contribution in [0.15, 0.2) is 53.6 Å². The molecule has 0 radical (unpaired) electrons. The Morgan fingerprint density at radius 1 is 0.872 bits per heavy atom. The third-order valence-corrected chi connectivity index (χ3v) is 7.11. The van der Waals surface area contributed by atoms with Crippen LogP contribution >= 0.6 is 0 Å². The fraction of sp³-hybridized carbons (Fsp3) is 0.391. The standard InChI is InChI=1S/C21H24FN3O3S.2CH4O3S/c1-23-9-11-24(12-10-23)14-16-15-25(21-8-5-18(28-2)13-20(16)21)29(26,27)19-6-3-17(22)4-7-19;2*1-5(2,3)4/h3-8,13,15H,9-12,14H2,1-2H3;2*1H3,(H,2,3,4). The molecule has 16 heteroatoms. The summed E-state index contributed by atoms with van der Waals surface area (Å²) in [5.41, 5.74) is 1.51. The van der Waals surface area contributed by atoms with E-state index in [1.54, 1.807) is 25.4 Å². The maximum absolute atomic E-state index is 13.3. The highest BCUT2D eigenvalue weighted by molar-refractivity contribution is 7.90. The van der Waals surface area contributed by atoms with E-state index in [0.717, 1.165) is 49.3 Å². The minimum Gasteiger partial charge on any atom is -0.497 e. The number of fused-ring (bicyclic) bond motifs is 1. The van der Waals surface area contributed by atoms with Gasteiger partial charge in [0.2, 0.25) is 0 Å². The average Bonchev–Trinajstić information content (AvgIpc) is 3.17. The van der Waals surface area contributed by atoms with E-state index in [2.05, 4.69) is 16.8 Å². The highest BCUT2D eigenvalue weighted by Gasteiger charge is 2.23. The van der Waals surface area contributed by atoms with Gasteiger partial charge in [0.1, 0.15) is 11.6 Å². The zero-order valence-electron chi connectivity index (χ0n) is 21.9. The molecular weight excluding hydrogens is 577 g/mol. The predicted molar refractivity (Wildman–Crippen MR) is 145 cm³/mol. The van der Waals surface area contributed by atoms with Crippen molar-refractivity contribution in [2.24, 2.45) is 0 Å². The number of ether oxygens (including phenoxy) is 1. The molecule has 2 N–H and O–H groups in total. The molecule has 0 aliphatic carbocycles. The Balaban J connectivity index is 0.000000458. The second-order valence-electron chi connectivity index (χ2n) is 8.84. The number of benzene rings is 2. The van der Waals surface area contributed by atoms with Crippen LogP contribution in [0.25, 0.3) is 10.9 Å². The molecule has 1 aromatic heterocycles. The first-order valence-electron chi connectivity index (χ1n) is 11.3. The third kappa shape index (κ3) is 10.8. The number of methoxy groups -OCH3 is 1. The van der Waals surface area contributed by atoms with Crippen LogP contribution in [-0.2, 0) is 36.8 Å². The van der Waals surface area contributed by atoms with Gasteiger partial charge in [-0.2, -0.15) is 16.8 Å². The summed E-state index contributed by atoms with van der Waals surface area (Å²) in [7, 11) is -7.49. The summed E-state index contributed by atoms with van der Waals surface area (Å²) in [6.45, 7) is 4.48. The van der Waals surface area contributed by atoms with Crippen LogP contribution in [0.2, 0.25) is 0 Å². The normalized spacial score (nSPS) is 15.2. The lowest BCUT2D eigenvalue weighted by Crippen LogP contribution is -2.43. The van der Waals surface area contributed by atoms with Gasteiger partial charge < -0.3 is 9.64 Å². The highest BCUT2D eigenvalue weighted by Crippen LogP contribution is 2.30. The number of aromatic nitrogens is 1. The summed E-state index contributed by atoms with van der Waals surface area (Å²) in [6, 6.07) is 10.3. The van der Waals surface area contributed by atoms with E-state index in [1.807, 2.05) is 6.07 Å². The molecule has 218 valence electrons. The highest BCUT2D eigenvalue weighted by atomic mass is 32.2. The van der Waals surface area contributed by atoms with Crippen LogP contribution in [0.4, 0.5) is 4.39 Å². The largest absolute Gasteiger partial charge is 0.497 e. The molecule has 39 heavy (non-hydrogen) atoms. The molecule has 0 atom stereocenters. The molecular formula is C23H32FN3O9S3. The molecule has 1 saturated heterocycles. The van der Waals surface area contributed by atoms with Crippen LogP contribution in [-0.4, -0.2) is 101 Å². The third-order valence-electron chi connectivity index (χ3n) is 5.42. The monoisotopic (exact) mass is 609 g/mol. The Hall–Kier alpha value is -2.60. The van der Waals surface area contributed by atoms with Gasteiger partial charge in [-0.05, 0) is 55.1 Å². The van der Waals surface area contributed by atoms with Crippen LogP contribution in [0.3, 0.4) is 0 Å². The van der Waals surface area contributed by atoms with Crippen molar-refractivity contribution in [3.8, 4) is 5.75 Å². The summed E-state index contributed by atoms with van der Waals surface area (Å²) < 4.78 is 98.2. The van der Waals surface area contributed by atoms with E-state index in [0.29, 0.717) is 30.3 Å². The lowest BCUT2D eigenvalue weighted by Gasteiger charge is -2.32. The number of rotatable bonds is 5. The van der Waals surface area contributed by atoms with Crippen LogP contribution in [0.5, 0.6) is 5.75 Å². The van der Waals surface area contributed by atoms with Gasteiger partial charge in [-0.3, -0.25) is 14.0 Å². The van der Waals surface area contributed by atoms with Gasteiger partial charge in [0.05, 0.1) is 30.0 Å². The zero-order chi connectivity index (χ0) is 29.6. The summed E-state index contributed by atoms with van der Waals surface area (Å²) in [6.07, 6.45) is 3.11. The molecule has 2 aromatic carbocycles. The van der Waals surface area contributed by atoms with E-state index in [9.17, 15) is 29.6 Å². The van der Waals surface area contributed by atoms with Crippen molar-refractivity contribution in [2.45, 2.75) is 11.4 Å². The number of hydrogen-bond donors (Lipinski definition) is 2. The van der Waals surface area contributed by atoms with Crippen molar-refractivity contribution in [3.05, 3.63) is 60.0 Å². The quantitative estimate of drug-likeness (QED) is 0.405. The van der Waals surface area contributed by atoms with Crippen molar-refractivity contribution in [1.29, 1.82) is 0 Å². The summed E-state index contributed by atoms with van der Waals surface area (Å²) in [5, 5.41) is 0.842. The van der Waals surface area contributed by atoms with E-state index < -0.39 is 36.1 Å². The first-order chi connectivity index (χ1) is 17.9. The first kappa shape index (κ1) is 32.6. The van der Waals surface area contributed by atoms with Gasteiger partial charge in [0.25, 0.3) is 30.3 Å². The molecule has 1 aliphatic heterocycles. The second-order valence-corrected chi connectivity index (χ2v) is 13.6. The minimum atomic E-state index is -3.85. The molecule has 0 unspecified atom stereocenters. The Labute approximate surface area is 228 Å². The SMILES string of the molecule is COc1ccc2c(c1)c(CN1CCN(C)CC1)cn2S(=O)(=O)c1ccc(F)cc1.CS(=O)(=O)O.CS(=O)(=O)O. The molecule has 12 nitrogen and oxygen atoms in total. The molecule has 0 amide bonds. The molecule has 0 spiro atoms. The van der Waals surface area contributed by atoms with Gasteiger partial charge in [-0.25, -0.2) is 16.8 Å². The van der Waals surface area contributed by atoms with Crippen molar-refractivity contribution in [1.82, 2.24) is 13.8 Å². The van der Waals surface area contributed by atoms with Gasteiger partial charge >= 0.3 is 0 Å². The number of hydrogen-bond acceptors (Lipinski definition) is 9. The number of halogens is 1. The molecule has 3 aromatic rings. The van der Waals surface area contributed by atoms with E-state index in [1.165, 1.54) is 16.1 Å². The van der Waals surface area contributed by atoms with E-state index >= 15 is 0 Å². The maximum Gasteiger partial charge on any atom is 0.268 e. The molecule has 0 bridgehead atoms. The molecule has 2 heterocycles. The maximum atomic E-state index is 13.3. The Morgan fingerprint density at radius 3 is 1.87 bits per heavy atom. The van der Waals surface area contributed by atoms with Gasteiger partial charge in [-0.1, -0.05) is 0 Å². The molecule has 0 saturated carbocycles. The molecule has 1 fully saturated rings. The van der Waals surface area contributed by atoms with Crippen LogP contribution < -0.4 is 4.74 Å². The Morgan fingerprint density at radius 2 is 1.38 bits per heavy atom. The lowest BCUT2D eigenvalue weighted by atomic mass is 10.1. The van der Waals surface area contributed by atoms with Crippen molar-refractivity contribution < 1.29 is 43.5 Å². The number of likely N-dealkylation sites (N-methyl/N-ethyl adjacent to an activating group) is 1. The fourth-order valence-corrected chi connectivity index (χ4v) is 5.06. The molecule has 4 rings (SSSR count). The lowest BCUT2D eigenvalue weighted by molar-refractivity contribution is 0.148. The van der Waals surface area contributed by atoms with Crippen molar-refractivity contribution in [3.63, 3.8) is 0 Å². The van der Waals surface area contributed by atoms with Gasteiger partial charge in [0, 0.05) is 44.3 Å². The number of piperazine rings is 1. The van der Waals surface area contributed by atoms with Crippen molar-refractivity contribution >= 4 is 41.2 Å². The van der Waals surface area contributed by atoms with Crippen LogP contribution in [0.1, 0.15) is 5.56 Å². The summed E-state index contributed by atoms with van der Waals surface area (Å²) >= 11 is 0. The van der Waals surface area contributed by atoms with Crippen LogP contribution in [0, 0.1) is 5.82 Å². The topological polar surface area (TPSA) is 164 Å². The summed E-state index contributed by atoms with van der Waals surface area (Å²) in [4.78, 5) is 4.66. The van der Waals surface area contributed by atoms with Crippen molar-refractivity contribution in [2.75, 3.05) is 52.8 Å². The smallest absolute Gasteiger partial charge is 0.268 e. The van der Waals surface area contributed by atoms with Gasteiger partial charge in [0.15, 0.2) is 0 Å². The van der Waals surface area contributed by atoms with Gasteiger partial charge in [-0.15, -0.1) is 0 Å². The minimum absolute atomic E-state index is 0.0535. The van der Waals surface area contributed by atoms with E-state index in [4.69, 9.17) is 13.8 Å². The Kier molecular flexibility index (Phi) is 11.0. The predicted octanol–water partition coefficient (Wildman–Crippen LogP) is 1.78. The fourth-order valence-electron chi connectivity index (χ4n) is 3.66. The zero-order valence-corrected chi connectivity index (χ0v) is 24.3. The first-order valence-corrected chi connectivity index (χ1v) is 16.5. The summed E-state index contributed by atoms with van der Waals surface area (Å²) in [5.74, 6) is 0.205. The second kappa shape index (κ2) is 13.2. The Bertz CT molecular complexity index is 1530. The molecule has 1 aliphatic rings. The average molecular weight is 610 g/mol. The number of nitrogens with zero attached hydrogens (tertiary/aromatic N) is 3. The van der Waals surface area contributed by atoms with E-state index in [-0.39, 0.29) is 4.90 Å².